The Balaban J connectivity index is 2.22. The number of nitrogens with one attached hydrogen (secondary N) is 1. The third-order valence-corrected chi connectivity index (χ3v) is 3.59. The second-order valence-corrected chi connectivity index (χ2v) is 5.38. The van der Waals surface area contributed by atoms with Gasteiger partial charge >= 0.3 is 5.97 Å². The first kappa shape index (κ1) is 17.7. The number of carboxylic acids is 1. The average Bonchev–Trinajstić information content (AvgIpc) is 2.59. The second-order valence-electron chi connectivity index (χ2n) is 5.00. The molecule has 2 N–H and O–H groups in total. The Labute approximate surface area is 145 Å². The molecule has 7 heteroatoms. The molecule has 0 aliphatic carbocycles. The second kappa shape index (κ2) is 8.31. The van der Waals surface area contributed by atoms with Crippen molar-refractivity contribution in [3.63, 3.8) is 0 Å². The number of aromatic nitrogens is 2. The van der Waals surface area contributed by atoms with Crippen molar-refractivity contribution >= 4 is 29.3 Å². The lowest BCUT2D eigenvalue weighted by Gasteiger charge is -2.10. The van der Waals surface area contributed by atoms with E-state index in [4.69, 9.17) is 21.4 Å². The molecule has 1 aromatic heterocycles. The van der Waals surface area contributed by atoms with E-state index in [2.05, 4.69) is 15.5 Å². The van der Waals surface area contributed by atoms with E-state index in [1.165, 1.54) is 6.08 Å². The number of ether oxygens (including phenoxy) is 1. The number of carbonyl (C=O) groups is 1. The van der Waals surface area contributed by atoms with E-state index in [1.807, 2.05) is 24.3 Å². The van der Waals surface area contributed by atoms with Crippen molar-refractivity contribution in [1.82, 2.24) is 10.2 Å². The van der Waals surface area contributed by atoms with Gasteiger partial charge in [-0.15, -0.1) is 10.2 Å². The van der Waals surface area contributed by atoms with Gasteiger partial charge in [-0.05, 0) is 30.2 Å². The van der Waals surface area contributed by atoms with Crippen LogP contribution in [0.2, 0.25) is 5.15 Å². The van der Waals surface area contributed by atoms with Crippen LogP contribution < -0.4 is 10.1 Å². The summed E-state index contributed by atoms with van der Waals surface area (Å²) >= 11 is 5.90. The number of methoxy groups -OCH3 is 1. The Kier molecular flexibility index (Phi) is 6.14. The molecule has 0 unspecified atom stereocenters. The van der Waals surface area contributed by atoms with E-state index in [9.17, 15) is 4.79 Å². The molecule has 0 spiro atoms. The van der Waals surface area contributed by atoms with Crippen molar-refractivity contribution in [2.75, 3.05) is 12.4 Å². The minimum atomic E-state index is -0.977. The summed E-state index contributed by atoms with van der Waals surface area (Å²) in [5.41, 5.74) is 2.34. The summed E-state index contributed by atoms with van der Waals surface area (Å²) in [5, 5.41) is 20.4. The van der Waals surface area contributed by atoms with E-state index in [0.29, 0.717) is 24.3 Å². The third kappa shape index (κ3) is 4.70. The molecule has 0 fully saturated rings. The Hall–Kier alpha value is -2.60. The predicted molar refractivity (Wildman–Crippen MR) is 93.3 cm³/mol. The normalized spacial score (nSPS) is 11.2. The van der Waals surface area contributed by atoms with Crippen LogP contribution in [0, 0.1) is 0 Å². The fraction of sp³-hybridized carbons (Fsp3) is 0.235. The van der Waals surface area contributed by atoms with Gasteiger partial charge < -0.3 is 15.2 Å². The number of carboxylic acid groups (broad SMARTS) is 1. The SMILES string of the molecule is CC/C(=C/c1nnc(Cl)cc1NCc1ccc(OC)cc1)C(=O)O. The third-order valence-electron chi connectivity index (χ3n) is 3.40. The van der Waals surface area contributed by atoms with E-state index in [0.717, 1.165) is 11.3 Å². The van der Waals surface area contributed by atoms with Crippen molar-refractivity contribution in [3.05, 3.63) is 52.3 Å². The van der Waals surface area contributed by atoms with Crippen molar-refractivity contribution in [3.8, 4) is 5.75 Å². The maximum atomic E-state index is 11.2. The van der Waals surface area contributed by atoms with Crippen molar-refractivity contribution in [2.45, 2.75) is 19.9 Å². The smallest absolute Gasteiger partial charge is 0.331 e. The van der Waals surface area contributed by atoms with Crippen LogP contribution in [0.4, 0.5) is 5.69 Å². The highest BCUT2D eigenvalue weighted by molar-refractivity contribution is 6.29. The Morgan fingerprint density at radius 1 is 1.33 bits per heavy atom. The highest BCUT2D eigenvalue weighted by atomic mass is 35.5. The number of aliphatic carboxylic acids is 1. The van der Waals surface area contributed by atoms with Crippen molar-refractivity contribution < 1.29 is 14.6 Å². The number of nitrogens with zero attached hydrogens (tertiary/aromatic N) is 2. The minimum Gasteiger partial charge on any atom is -0.497 e. The zero-order valence-electron chi connectivity index (χ0n) is 13.4. The van der Waals surface area contributed by atoms with E-state index in [-0.39, 0.29) is 10.7 Å². The molecule has 6 nitrogen and oxygen atoms in total. The molecule has 0 aliphatic heterocycles. The summed E-state index contributed by atoms with van der Waals surface area (Å²) in [6, 6.07) is 9.24. The Morgan fingerprint density at radius 3 is 2.62 bits per heavy atom. The maximum absolute atomic E-state index is 11.2. The average molecular weight is 348 g/mol. The van der Waals surface area contributed by atoms with Gasteiger partial charge in [0, 0.05) is 18.2 Å². The number of rotatable bonds is 7. The first-order chi connectivity index (χ1) is 11.5. The van der Waals surface area contributed by atoms with Crippen molar-refractivity contribution in [2.24, 2.45) is 0 Å². The number of anilines is 1. The largest absolute Gasteiger partial charge is 0.497 e. The molecule has 0 saturated heterocycles. The number of benzene rings is 1. The minimum absolute atomic E-state index is 0.234. The highest BCUT2D eigenvalue weighted by Crippen LogP contribution is 2.21. The first-order valence-electron chi connectivity index (χ1n) is 7.37. The molecule has 2 rings (SSSR count). The summed E-state index contributed by atoms with van der Waals surface area (Å²) in [6.45, 7) is 2.30. The summed E-state index contributed by atoms with van der Waals surface area (Å²) < 4.78 is 5.13. The van der Waals surface area contributed by atoms with E-state index >= 15 is 0 Å². The van der Waals surface area contributed by atoms with Gasteiger partial charge in [-0.3, -0.25) is 0 Å². The van der Waals surface area contributed by atoms with Crippen LogP contribution in [-0.2, 0) is 11.3 Å². The molecule has 0 atom stereocenters. The zero-order valence-corrected chi connectivity index (χ0v) is 14.2. The molecular weight excluding hydrogens is 330 g/mol. The van der Waals surface area contributed by atoms with E-state index in [1.54, 1.807) is 20.1 Å². The van der Waals surface area contributed by atoms with E-state index < -0.39 is 5.97 Å². The van der Waals surface area contributed by atoms with Crippen LogP contribution in [-0.4, -0.2) is 28.4 Å². The van der Waals surface area contributed by atoms with Crippen LogP contribution >= 0.6 is 11.6 Å². The number of hydrogen-bond acceptors (Lipinski definition) is 5. The molecule has 2 aromatic rings. The molecule has 0 amide bonds. The van der Waals surface area contributed by atoms with Crippen LogP contribution in [0.5, 0.6) is 5.75 Å². The molecule has 0 bridgehead atoms. The van der Waals surface area contributed by atoms with Crippen LogP contribution in [0.3, 0.4) is 0 Å². The molecule has 1 aromatic carbocycles. The number of halogens is 1. The summed E-state index contributed by atoms with van der Waals surface area (Å²) in [7, 11) is 1.62. The van der Waals surface area contributed by atoms with Gasteiger partial charge in [0.2, 0.25) is 0 Å². The zero-order chi connectivity index (χ0) is 17.5. The van der Waals surface area contributed by atoms with Crippen LogP contribution in [0.15, 0.2) is 35.9 Å². The Morgan fingerprint density at radius 2 is 2.04 bits per heavy atom. The summed E-state index contributed by atoms with van der Waals surface area (Å²) in [4.78, 5) is 11.2. The molecule has 0 aliphatic rings. The maximum Gasteiger partial charge on any atom is 0.331 e. The monoisotopic (exact) mass is 347 g/mol. The summed E-state index contributed by atoms with van der Waals surface area (Å²) in [6.07, 6.45) is 1.89. The predicted octanol–water partition coefficient (Wildman–Crippen LogP) is 3.63. The fourth-order valence-electron chi connectivity index (χ4n) is 2.05. The molecule has 1 heterocycles. The van der Waals surface area contributed by atoms with Crippen molar-refractivity contribution in [1.29, 1.82) is 0 Å². The topological polar surface area (TPSA) is 84.3 Å². The highest BCUT2D eigenvalue weighted by Gasteiger charge is 2.10. The van der Waals surface area contributed by atoms with Gasteiger partial charge in [0.1, 0.15) is 11.4 Å². The van der Waals surface area contributed by atoms with Gasteiger partial charge in [0.25, 0.3) is 0 Å². The van der Waals surface area contributed by atoms with Crippen LogP contribution in [0.1, 0.15) is 24.6 Å². The standard InChI is InChI=1S/C17H18ClN3O3/c1-3-12(17(22)23)8-15-14(9-16(18)21-20-15)19-10-11-4-6-13(24-2)7-5-11/h4-9H,3,10H2,1-2H3,(H,19,21)(H,22,23)/b12-8-. The Bertz CT molecular complexity index is 745. The lowest BCUT2D eigenvalue weighted by atomic mass is 10.1. The molecule has 126 valence electrons. The van der Waals surface area contributed by atoms with Gasteiger partial charge in [-0.25, -0.2) is 4.79 Å². The fourth-order valence-corrected chi connectivity index (χ4v) is 2.19. The number of hydrogen-bond donors (Lipinski definition) is 2. The van der Waals surface area contributed by atoms with Gasteiger partial charge in [-0.2, -0.15) is 0 Å². The quantitative estimate of drug-likeness (QED) is 0.744. The van der Waals surface area contributed by atoms with Gasteiger partial charge in [-0.1, -0.05) is 30.7 Å². The lowest BCUT2D eigenvalue weighted by Crippen LogP contribution is -2.05. The molecule has 0 saturated carbocycles. The molecule has 24 heavy (non-hydrogen) atoms. The molecular formula is C17H18ClN3O3. The molecule has 0 radical (unpaired) electrons. The van der Waals surface area contributed by atoms with Gasteiger partial charge in [0.15, 0.2) is 5.15 Å². The lowest BCUT2D eigenvalue weighted by molar-refractivity contribution is -0.132. The van der Waals surface area contributed by atoms with Crippen LogP contribution in [0.25, 0.3) is 6.08 Å². The summed E-state index contributed by atoms with van der Waals surface area (Å²) in [5.74, 6) is -0.194. The first-order valence-corrected chi connectivity index (χ1v) is 7.75. The van der Waals surface area contributed by atoms with Gasteiger partial charge in [0.05, 0.1) is 12.8 Å².